The Morgan fingerprint density at radius 3 is 2.60 bits per heavy atom. The van der Waals surface area contributed by atoms with Crippen LogP contribution in [0.15, 0.2) is 60.9 Å². The summed E-state index contributed by atoms with van der Waals surface area (Å²) in [7, 11) is 0. The van der Waals surface area contributed by atoms with E-state index in [1.807, 2.05) is 24.4 Å². The van der Waals surface area contributed by atoms with Crippen LogP contribution in [0.5, 0.6) is 0 Å². The summed E-state index contributed by atoms with van der Waals surface area (Å²) in [5.74, 6) is 2.89. The molecule has 4 N–H and O–H groups in total. The Kier molecular flexibility index (Phi) is 4.82. The number of imidazole rings is 2. The lowest BCUT2D eigenvalue weighted by Gasteiger charge is -2.44. The first-order valence-electron chi connectivity index (χ1n) is 12.4. The number of nitrogens with zero attached hydrogens (tertiary/aromatic N) is 5. The number of anilines is 1. The number of H-pyrrole nitrogens is 1. The maximum atomic E-state index is 6.40. The molecule has 2 aromatic carbocycles. The first-order chi connectivity index (χ1) is 17.2. The molecule has 0 radical (unpaired) electrons. The van der Waals surface area contributed by atoms with Gasteiger partial charge in [-0.1, -0.05) is 36.4 Å². The highest BCUT2D eigenvalue weighted by Gasteiger charge is 2.37. The fourth-order valence-electron chi connectivity index (χ4n) is 5.61. The zero-order chi connectivity index (χ0) is 23.4. The van der Waals surface area contributed by atoms with E-state index in [4.69, 9.17) is 15.7 Å². The first kappa shape index (κ1) is 20.6. The fraction of sp³-hybridized carbons (Fsp3) is 0.296. The topological polar surface area (TPSA) is 100 Å². The number of aromatic nitrogens is 5. The summed E-state index contributed by atoms with van der Waals surface area (Å²) >= 11 is 0. The molecule has 5 aromatic rings. The third kappa shape index (κ3) is 3.48. The monoisotopic (exact) mass is 464 g/mol. The second-order valence-corrected chi connectivity index (χ2v) is 9.64. The Bertz CT molecular complexity index is 1510. The summed E-state index contributed by atoms with van der Waals surface area (Å²) in [6.45, 7) is 4.44. The van der Waals surface area contributed by atoms with E-state index < -0.39 is 0 Å². The van der Waals surface area contributed by atoms with Crippen molar-refractivity contribution in [2.45, 2.75) is 24.8 Å². The molecule has 1 aliphatic carbocycles. The molecular formula is C27H28N8. The van der Waals surface area contributed by atoms with Gasteiger partial charge >= 0.3 is 0 Å². The molecule has 4 heterocycles. The molecule has 1 saturated carbocycles. The number of fused-ring (bicyclic) bond motifs is 2. The number of nitrogens with one attached hydrogen (secondary N) is 2. The molecule has 8 nitrogen and oxygen atoms in total. The van der Waals surface area contributed by atoms with Crippen LogP contribution in [0.25, 0.3) is 39.2 Å². The molecule has 8 heteroatoms. The van der Waals surface area contributed by atoms with Crippen molar-refractivity contribution in [2.75, 3.05) is 31.9 Å². The van der Waals surface area contributed by atoms with Gasteiger partial charge in [0.15, 0.2) is 0 Å². The Morgan fingerprint density at radius 1 is 0.943 bits per heavy atom. The predicted molar refractivity (Wildman–Crippen MR) is 138 cm³/mol. The summed E-state index contributed by atoms with van der Waals surface area (Å²) in [5, 5.41) is 3.45. The molecule has 0 bridgehead atoms. The molecule has 0 unspecified atom stereocenters. The van der Waals surface area contributed by atoms with Gasteiger partial charge in [-0.15, -0.1) is 0 Å². The van der Waals surface area contributed by atoms with Gasteiger partial charge in [-0.3, -0.25) is 9.30 Å². The smallest absolute Gasteiger partial charge is 0.150 e. The number of rotatable bonds is 4. The number of aromatic amines is 1. The maximum Gasteiger partial charge on any atom is 0.150 e. The van der Waals surface area contributed by atoms with Crippen LogP contribution in [0.4, 0.5) is 5.82 Å². The Balaban J connectivity index is 1.25. The molecule has 0 amide bonds. The van der Waals surface area contributed by atoms with Gasteiger partial charge in [-0.05, 0) is 25.0 Å². The van der Waals surface area contributed by atoms with Crippen molar-refractivity contribution in [1.29, 1.82) is 0 Å². The second-order valence-electron chi connectivity index (χ2n) is 9.64. The molecule has 35 heavy (non-hydrogen) atoms. The lowest BCUT2D eigenvalue weighted by Crippen LogP contribution is -2.52. The minimum Gasteiger partial charge on any atom is -0.382 e. The van der Waals surface area contributed by atoms with Gasteiger partial charge in [0.25, 0.3) is 0 Å². The van der Waals surface area contributed by atoms with E-state index in [2.05, 4.69) is 54.9 Å². The third-order valence-corrected chi connectivity index (χ3v) is 7.56. The van der Waals surface area contributed by atoms with Crippen LogP contribution in [0.3, 0.4) is 0 Å². The number of hydrogen-bond donors (Lipinski definition) is 3. The van der Waals surface area contributed by atoms with E-state index in [-0.39, 0.29) is 0 Å². The zero-order valence-electron chi connectivity index (χ0n) is 19.5. The van der Waals surface area contributed by atoms with Gasteiger partial charge in [-0.2, -0.15) is 0 Å². The minimum atomic E-state index is 0.429. The van der Waals surface area contributed by atoms with Crippen LogP contribution in [0.2, 0.25) is 0 Å². The average Bonchev–Trinajstić information content (AvgIpc) is 3.47. The number of nitrogen functional groups attached to an aromatic ring is 1. The van der Waals surface area contributed by atoms with Crippen molar-refractivity contribution in [2.24, 2.45) is 0 Å². The number of benzene rings is 2. The van der Waals surface area contributed by atoms with Gasteiger partial charge in [0.1, 0.15) is 28.7 Å². The summed E-state index contributed by atoms with van der Waals surface area (Å²) in [6, 6.07) is 17.1. The molecule has 3 aromatic heterocycles. The minimum absolute atomic E-state index is 0.429. The maximum absolute atomic E-state index is 6.40. The van der Waals surface area contributed by atoms with Crippen molar-refractivity contribution in [3.05, 3.63) is 66.7 Å². The SMILES string of the molecule is Nc1nccn2c(C3CC(N4CCNCC4)C3)nc(-c3ccc4nc(-c5ccccc5)[nH]c4c3)c12. The van der Waals surface area contributed by atoms with Crippen LogP contribution in [-0.2, 0) is 0 Å². The summed E-state index contributed by atoms with van der Waals surface area (Å²) in [4.78, 5) is 20.4. The molecule has 2 aliphatic rings. The van der Waals surface area contributed by atoms with Crippen molar-refractivity contribution in [3.63, 3.8) is 0 Å². The lowest BCUT2D eigenvalue weighted by atomic mass is 9.78. The molecule has 0 spiro atoms. The van der Waals surface area contributed by atoms with Gasteiger partial charge in [0, 0.05) is 61.7 Å². The standard InChI is InChI=1S/C27H28N8/c28-25-24-23(18-6-7-21-22(16-18)32-26(31-21)17-4-2-1-3-5-17)33-27(35(24)13-10-30-25)19-14-20(15-19)34-11-8-29-9-12-34/h1-7,10,13,16,19-20,29H,8-9,11-12,14-15H2,(H2,28,30)(H,31,32). The van der Waals surface area contributed by atoms with E-state index >= 15 is 0 Å². The lowest BCUT2D eigenvalue weighted by molar-refractivity contribution is 0.0928. The number of hydrogen-bond acceptors (Lipinski definition) is 6. The largest absolute Gasteiger partial charge is 0.382 e. The van der Waals surface area contributed by atoms with Crippen LogP contribution in [0.1, 0.15) is 24.6 Å². The Hall–Kier alpha value is -3.75. The van der Waals surface area contributed by atoms with E-state index in [0.29, 0.717) is 17.8 Å². The number of piperazine rings is 1. The molecular weight excluding hydrogens is 436 g/mol. The quantitative estimate of drug-likeness (QED) is 0.375. The average molecular weight is 465 g/mol. The second kappa shape index (κ2) is 8.18. The van der Waals surface area contributed by atoms with Crippen molar-refractivity contribution in [1.82, 2.24) is 34.6 Å². The van der Waals surface area contributed by atoms with Gasteiger partial charge < -0.3 is 16.0 Å². The molecule has 176 valence electrons. The van der Waals surface area contributed by atoms with Crippen LogP contribution < -0.4 is 11.1 Å². The van der Waals surface area contributed by atoms with E-state index in [0.717, 1.165) is 84.0 Å². The highest BCUT2D eigenvalue weighted by Crippen LogP contribution is 2.42. The highest BCUT2D eigenvalue weighted by atomic mass is 15.2. The molecule has 2 fully saturated rings. The normalized spacial score (nSPS) is 20.9. The van der Waals surface area contributed by atoms with Gasteiger partial charge in [0.2, 0.25) is 0 Å². The molecule has 0 atom stereocenters. The molecule has 1 aliphatic heterocycles. The van der Waals surface area contributed by atoms with Crippen LogP contribution in [0, 0.1) is 0 Å². The summed E-state index contributed by atoms with van der Waals surface area (Å²) < 4.78 is 2.16. The molecule has 7 rings (SSSR count). The zero-order valence-corrected chi connectivity index (χ0v) is 19.5. The Morgan fingerprint density at radius 2 is 1.77 bits per heavy atom. The molecule has 1 saturated heterocycles. The van der Waals surface area contributed by atoms with Crippen molar-refractivity contribution >= 4 is 22.4 Å². The van der Waals surface area contributed by atoms with Crippen molar-refractivity contribution in [3.8, 4) is 22.6 Å². The van der Waals surface area contributed by atoms with Crippen LogP contribution in [-0.4, -0.2) is 61.5 Å². The van der Waals surface area contributed by atoms with Crippen molar-refractivity contribution < 1.29 is 0 Å². The predicted octanol–water partition coefficient (Wildman–Crippen LogP) is 3.67. The van der Waals surface area contributed by atoms with Gasteiger partial charge in [0.05, 0.1) is 11.0 Å². The fourth-order valence-corrected chi connectivity index (χ4v) is 5.61. The summed E-state index contributed by atoms with van der Waals surface area (Å²) in [5.41, 5.74) is 12.2. The van der Waals surface area contributed by atoms with Gasteiger partial charge in [-0.25, -0.2) is 15.0 Å². The first-order valence-corrected chi connectivity index (χ1v) is 12.4. The van der Waals surface area contributed by atoms with Crippen LogP contribution >= 0.6 is 0 Å². The third-order valence-electron chi connectivity index (χ3n) is 7.56. The highest BCUT2D eigenvalue weighted by molar-refractivity contribution is 5.90. The van der Waals surface area contributed by atoms with E-state index in [9.17, 15) is 0 Å². The van der Waals surface area contributed by atoms with E-state index in [1.165, 1.54) is 0 Å². The summed E-state index contributed by atoms with van der Waals surface area (Å²) in [6.07, 6.45) is 6.05. The van der Waals surface area contributed by atoms with E-state index in [1.54, 1.807) is 6.20 Å². The number of nitrogens with two attached hydrogens (primary N) is 1. The Labute approximate surface area is 203 Å².